The maximum absolute atomic E-state index is 12.1. The van der Waals surface area contributed by atoms with Crippen LogP contribution in [0.25, 0.3) is 0 Å². The van der Waals surface area contributed by atoms with Crippen LogP contribution in [0.3, 0.4) is 0 Å². The van der Waals surface area contributed by atoms with Crippen LogP contribution in [0.1, 0.15) is 26.3 Å². The number of ether oxygens (including phenoxy) is 1. The molecule has 0 N–H and O–H groups in total. The van der Waals surface area contributed by atoms with Crippen LogP contribution in [0.2, 0.25) is 0 Å². The van der Waals surface area contributed by atoms with Crippen molar-refractivity contribution >= 4 is 22.0 Å². The van der Waals surface area contributed by atoms with Crippen molar-refractivity contribution in [1.82, 2.24) is 9.80 Å². The van der Waals surface area contributed by atoms with Gasteiger partial charge in [-0.2, -0.15) is 0 Å². The molecule has 0 atom stereocenters. The summed E-state index contributed by atoms with van der Waals surface area (Å²) in [6.45, 7) is 7.36. The van der Waals surface area contributed by atoms with Crippen molar-refractivity contribution < 1.29 is 17.9 Å². The number of sulfonamides is 1. The number of piperazine rings is 1. The van der Waals surface area contributed by atoms with Crippen molar-refractivity contribution in [1.29, 1.82) is 0 Å². The number of amidine groups is 1. The lowest BCUT2D eigenvalue weighted by Gasteiger charge is -2.37. The molecule has 138 valence electrons. The molecule has 1 saturated heterocycles. The van der Waals surface area contributed by atoms with E-state index in [1.54, 1.807) is 4.90 Å². The molecule has 0 radical (unpaired) electrons. The van der Waals surface area contributed by atoms with Gasteiger partial charge < -0.3 is 14.5 Å². The molecule has 1 aliphatic rings. The normalized spacial score (nSPS) is 16.7. The minimum atomic E-state index is -3.53. The molecule has 1 aromatic carbocycles. The third-order valence-corrected chi connectivity index (χ3v) is 4.02. The molecule has 8 heteroatoms. The lowest BCUT2D eigenvalue weighted by molar-refractivity contribution is 0.0187. The molecule has 0 unspecified atom stereocenters. The van der Waals surface area contributed by atoms with Crippen molar-refractivity contribution in [3.8, 4) is 0 Å². The van der Waals surface area contributed by atoms with E-state index in [4.69, 9.17) is 4.74 Å². The highest BCUT2D eigenvalue weighted by molar-refractivity contribution is 7.89. The fourth-order valence-corrected chi connectivity index (χ4v) is 3.00. The third-order valence-electron chi connectivity index (χ3n) is 3.52. The van der Waals surface area contributed by atoms with Crippen LogP contribution in [0, 0.1) is 0 Å². The fourth-order valence-electron chi connectivity index (χ4n) is 2.46. The van der Waals surface area contributed by atoms with Crippen molar-refractivity contribution in [2.24, 2.45) is 4.40 Å². The molecular formula is C17H25N3O4S. The average Bonchev–Trinajstić information content (AvgIpc) is 2.51. The topological polar surface area (TPSA) is 79.3 Å². The predicted octanol–water partition coefficient (Wildman–Crippen LogP) is 1.95. The second-order valence-electron chi connectivity index (χ2n) is 6.97. The zero-order chi connectivity index (χ0) is 18.7. The number of hydrogen-bond acceptors (Lipinski definition) is 4. The zero-order valence-corrected chi connectivity index (χ0v) is 15.9. The van der Waals surface area contributed by atoms with Gasteiger partial charge in [-0.3, -0.25) is 0 Å². The number of hydrogen-bond donors (Lipinski definition) is 0. The van der Waals surface area contributed by atoms with Gasteiger partial charge in [0, 0.05) is 31.7 Å². The first kappa shape index (κ1) is 19.2. The Morgan fingerprint density at radius 2 is 1.56 bits per heavy atom. The molecule has 0 aromatic heterocycles. The molecule has 0 spiro atoms. The van der Waals surface area contributed by atoms with Crippen molar-refractivity contribution in [3.05, 3.63) is 35.9 Å². The molecule has 1 amide bonds. The van der Waals surface area contributed by atoms with Gasteiger partial charge in [0.25, 0.3) is 10.0 Å². The predicted molar refractivity (Wildman–Crippen MR) is 97.2 cm³/mol. The molecule has 2 rings (SSSR count). The summed E-state index contributed by atoms with van der Waals surface area (Å²) in [5.74, 6) is 0.409. The van der Waals surface area contributed by atoms with E-state index in [-0.39, 0.29) is 6.09 Å². The van der Waals surface area contributed by atoms with Gasteiger partial charge in [-0.25, -0.2) is 13.2 Å². The first-order chi connectivity index (χ1) is 11.6. The SMILES string of the molecule is CC(C)(C)OC(=O)N1CCN(C(=NS(C)(=O)=O)c2ccccc2)CC1. The Morgan fingerprint density at radius 3 is 2.04 bits per heavy atom. The molecule has 0 bridgehead atoms. The lowest BCUT2D eigenvalue weighted by atomic mass is 10.1. The molecule has 25 heavy (non-hydrogen) atoms. The summed E-state index contributed by atoms with van der Waals surface area (Å²) < 4.78 is 32.7. The zero-order valence-electron chi connectivity index (χ0n) is 15.1. The van der Waals surface area contributed by atoms with E-state index in [2.05, 4.69) is 4.40 Å². The maximum Gasteiger partial charge on any atom is 0.410 e. The number of nitrogens with zero attached hydrogens (tertiary/aromatic N) is 3. The monoisotopic (exact) mass is 367 g/mol. The summed E-state index contributed by atoms with van der Waals surface area (Å²) in [4.78, 5) is 15.7. The van der Waals surface area contributed by atoms with Crippen LogP contribution in [0.4, 0.5) is 4.79 Å². The van der Waals surface area contributed by atoms with Gasteiger partial charge >= 0.3 is 6.09 Å². The second kappa shape index (κ2) is 7.43. The van der Waals surface area contributed by atoms with Crippen molar-refractivity contribution in [2.45, 2.75) is 26.4 Å². The van der Waals surface area contributed by atoms with Gasteiger partial charge in [-0.1, -0.05) is 30.3 Å². The molecule has 1 heterocycles. The highest BCUT2D eigenvalue weighted by Crippen LogP contribution is 2.14. The molecular weight excluding hydrogens is 342 g/mol. The molecule has 1 fully saturated rings. The largest absolute Gasteiger partial charge is 0.444 e. The van der Waals surface area contributed by atoms with Crippen LogP contribution >= 0.6 is 0 Å². The standard InChI is InChI=1S/C17H25N3O4S/c1-17(2,3)24-16(21)20-12-10-19(11-13-20)15(18-25(4,22)23)14-8-6-5-7-9-14/h5-9H,10-13H2,1-4H3. The summed E-state index contributed by atoms with van der Waals surface area (Å²) in [7, 11) is -3.53. The third kappa shape index (κ3) is 6.04. The number of rotatable bonds is 2. The summed E-state index contributed by atoms with van der Waals surface area (Å²) >= 11 is 0. The maximum atomic E-state index is 12.1. The van der Waals surface area contributed by atoms with Crippen LogP contribution in [0.5, 0.6) is 0 Å². The van der Waals surface area contributed by atoms with E-state index in [9.17, 15) is 13.2 Å². The highest BCUT2D eigenvalue weighted by Gasteiger charge is 2.27. The molecule has 1 aromatic rings. The highest BCUT2D eigenvalue weighted by atomic mass is 32.2. The van der Waals surface area contributed by atoms with E-state index in [1.807, 2.05) is 56.0 Å². The summed E-state index contributed by atoms with van der Waals surface area (Å²) in [6.07, 6.45) is 0.723. The number of carbonyl (C=O) groups excluding carboxylic acids is 1. The van der Waals surface area contributed by atoms with Gasteiger partial charge in [0.2, 0.25) is 0 Å². The Hall–Kier alpha value is -2.09. The Balaban J connectivity index is 2.13. The Kier molecular flexibility index (Phi) is 5.72. The van der Waals surface area contributed by atoms with Crippen LogP contribution in [-0.4, -0.2) is 68.2 Å². The van der Waals surface area contributed by atoms with Gasteiger partial charge in [0.05, 0.1) is 6.26 Å². The Labute approximate surface area is 149 Å². The lowest BCUT2D eigenvalue weighted by Crippen LogP contribution is -2.52. The Morgan fingerprint density at radius 1 is 1.04 bits per heavy atom. The van der Waals surface area contributed by atoms with Gasteiger partial charge in [0.15, 0.2) is 0 Å². The Bertz CT molecular complexity index is 731. The van der Waals surface area contributed by atoms with Crippen LogP contribution in [-0.2, 0) is 14.8 Å². The number of benzene rings is 1. The summed E-state index contributed by atoms with van der Waals surface area (Å²) in [6, 6.07) is 9.19. The first-order valence-corrected chi connectivity index (χ1v) is 9.98. The van der Waals surface area contributed by atoms with Crippen molar-refractivity contribution in [2.75, 3.05) is 32.4 Å². The van der Waals surface area contributed by atoms with Crippen molar-refractivity contribution in [3.63, 3.8) is 0 Å². The molecule has 7 nitrogen and oxygen atoms in total. The van der Waals surface area contributed by atoms with Gasteiger partial charge in [-0.05, 0) is 20.8 Å². The summed E-state index contributed by atoms with van der Waals surface area (Å²) in [5.41, 5.74) is 0.194. The molecule has 1 aliphatic heterocycles. The minimum Gasteiger partial charge on any atom is -0.444 e. The first-order valence-electron chi connectivity index (χ1n) is 8.13. The smallest absolute Gasteiger partial charge is 0.410 e. The molecule has 0 aliphatic carbocycles. The quantitative estimate of drug-likeness (QED) is 0.590. The van der Waals surface area contributed by atoms with Gasteiger partial charge in [0.1, 0.15) is 11.4 Å². The number of carbonyl (C=O) groups is 1. The van der Waals surface area contributed by atoms with E-state index >= 15 is 0 Å². The average molecular weight is 367 g/mol. The van der Waals surface area contributed by atoms with Gasteiger partial charge in [-0.15, -0.1) is 4.40 Å². The van der Waals surface area contributed by atoms with E-state index < -0.39 is 15.6 Å². The fraction of sp³-hybridized carbons (Fsp3) is 0.529. The number of amides is 1. The second-order valence-corrected chi connectivity index (χ2v) is 8.62. The minimum absolute atomic E-state index is 0.353. The van der Waals surface area contributed by atoms with E-state index in [1.165, 1.54) is 0 Å². The summed E-state index contributed by atoms with van der Waals surface area (Å²) in [5, 5.41) is 0. The molecule has 0 saturated carbocycles. The van der Waals surface area contributed by atoms with Crippen LogP contribution < -0.4 is 0 Å². The van der Waals surface area contributed by atoms with E-state index in [0.717, 1.165) is 11.8 Å². The van der Waals surface area contributed by atoms with Crippen LogP contribution in [0.15, 0.2) is 34.7 Å². The van der Waals surface area contributed by atoms with E-state index in [0.29, 0.717) is 32.0 Å².